The van der Waals surface area contributed by atoms with Gasteiger partial charge in [0.05, 0.1) is 16.9 Å². The van der Waals surface area contributed by atoms with E-state index in [4.69, 9.17) is 15.6 Å². The number of hydrogen-bond donors (Lipinski definition) is 1. The van der Waals surface area contributed by atoms with Crippen LogP contribution in [0.1, 0.15) is 12.5 Å². The number of rotatable bonds is 5. The number of likely N-dealkylation sites (tertiary alicyclic amines) is 1. The molecule has 3 aromatic carbocycles. The first-order valence-corrected chi connectivity index (χ1v) is 10.7. The predicted octanol–water partition coefficient (Wildman–Crippen LogP) is 5.04. The van der Waals surface area contributed by atoms with Crippen LogP contribution in [-0.4, -0.2) is 33.7 Å². The fourth-order valence-electron chi connectivity index (χ4n) is 4.27. The highest BCUT2D eigenvalue weighted by atomic mass is 16.5. The number of para-hydroxylation sites is 1. The Morgan fingerprint density at radius 2 is 1.78 bits per heavy atom. The van der Waals surface area contributed by atoms with Crippen LogP contribution in [0.25, 0.3) is 22.2 Å². The Morgan fingerprint density at radius 3 is 2.53 bits per heavy atom. The zero-order valence-electron chi connectivity index (χ0n) is 17.6. The summed E-state index contributed by atoms with van der Waals surface area (Å²) >= 11 is 0. The zero-order valence-corrected chi connectivity index (χ0v) is 17.6. The Hall–Kier alpha value is -4.06. The van der Waals surface area contributed by atoms with Crippen LogP contribution in [0.5, 0.6) is 11.5 Å². The molecule has 1 fully saturated rings. The van der Waals surface area contributed by atoms with Gasteiger partial charge in [0.1, 0.15) is 17.2 Å². The molecule has 5 rings (SSSR count). The van der Waals surface area contributed by atoms with Crippen molar-refractivity contribution in [3.05, 3.63) is 85.5 Å². The number of benzene rings is 3. The van der Waals surface area contributed by atoms with Crippen molar-refractivity contribution in [2.24, 2.45) is 0 Å². The highest BCUT2D eigenvalue weighted by Gasteiger charge is 2.29. The Bertz CT molecular complexity index is 1280. The summed E-state index contributed by atoms with van der Waals surface area (Å²) < 4.78 is 7.94. The average Bonchev–Trinajstić information content (AvgIpc) is 3.46. The lowest BCUT2D eigenvalue weighted by Gasteiger charge is -2.15. The molecule has 0 spiro atoms. The van der Waals surface area contributed by atoms with Crippen molar-refractivity contribution in [1.29, 1.82) is 0 Å². The molecule has 160 valence electrons. The molecule has 2 N–H and O–H groups in total. The minimum absolute atomic E-state index is 0.0438. The van der Waals surface area contributed by atoms with Gasteiger partial charge in [0.15, 0.2) is 0 Å². The molecule has 1 aliphatic rings. The molecule has 0 unspecified atom stereocenters. The van der Waals surface area contributed by atoms with Crippen LogP contribution in [0.2, 0.25) is 0 Å². The smallest absolute Gasteiger partial charge is 0.246 e. The molecule has 0 saturated carbocycles. The van der Waals surface area contributed by atoms with E-state index in [1.54, 1.807) is 0 Å². The molecule has 2 heterocycles. The predicted molar refractivity (Wildman–Crippen MR) is 127 cm³/mol. The number of hydrogen-bond acceptors (Lipinski definition) is 4. The molecule has 0 radical (unpaired) electrons. The number of anilines is 1. The van der Waals surface area contributed by atoms with Gasteiger partial charge in [0, 0.05) is 24.3 Å². The topological polar surface area (TPSA) is 73.4 Å². The molecular weight excluding hydrogens is 400 g/mol. The minimum atomic E-state index is -0.0438. The number of nitrogen functional groups attached to an aromatic ring is 1. The fourth-order valence-corrected chi connectivity index (χ4v) is 4.27. The maximum Gasteiger partial charge on any atom is 0.246 e. The fraction of sp³-hybridized carbons (Fsp3) is 0.154. The van der Waals surface area contributed by atoms with Crippen molar-refractivity contribution in [2.75, 3.05) is 18.8 Å². The summed E-state index contributed by atoms with van der Waals surface area (Å²) in [7, 11) is 0. The molecule has 1 saturated heterocycles. The van der Waals surface area contributed by atoms with Gasteiger partial charge in [-0.15, -0.1) is 0 Å². The van der Waals surface area contributed by atoms with Gasteiger partial charge < -0.3 is 15.4 Å². The molecule has 6 nitrogen and oxygen atoms in total. The van der Waals surface area contributed by atoms with Gasteiger partial charge in [-0.2, -0.15) is 5.10 Å². The number of ether oxygens (including phenoxy) is 1. The van der Waals surface area contributed by atoms with E-state index in [0.717, 1.165) is 40.1 Å². The monoisotopic (exact) mass is 424 g/mol. The lowest BCUT2D eigenvalue weighted by Crippen LogP contribution is -2.27. The van der Waals surface area contributed by atoms with E-state index in [9.17, 15) is 4.79 Å². The minimum Gasteiger partial charge on any atom is -0.457 e. The third-order valence-electron chi connectivity index (χ3n) is 5.87. The maximum absolute atomic E-state index is 12.0. The number of nitrogens with zero attached hydrogens (tertiary/aromatic N) is 3. The van der Waals surface area contributed by atoms with Crippen molar-refractivity contribution in [3.8, 4) is 22.8 Å². The molecule has 0 bridgehead atoms. The van der Waals surface area contributed by atoms with Crippen LogP contribution in [-0.2, 0) is 4.79 Å². The lowest BCUT2D eigenvalue weighted by atomic mass is 10.1. The molecule has 32 heavy (non-hydrogen) atoms. The first-order valence-electron chi connectivity index (χ1n) is 10.7. The highest BCUT2D eigenvalue weighted by Crippen LogP contribution is 2.36. The molecular formula is C26H24N4O2. The number of amides is 1. The summed E-state index contributed by atoms with van der Waals surface area (Å²) in [6, 6.07) is 23.5. The summed E-state index contributed by atoms with van der Waals surface area (Å²) in [6.45, 7) is 4.91. The van der Waals surface area contributed by atoms with Gasteiger partial charge in [0.2, 0.25) is 5.91 Å². The normalized spacial score (nSPS) is 15.8. The average molecular weight is 425 g/mol. The van der Waals surface area contributed by atoms with E-state index in [2.05, 4.69) is 6.58 Å². The van der Waals surface area contributed by atoms with Crippen LogP contribution in [0, 0.1) is 0 Å². The zero-order chi connectivity index (χ0) is 22.1. The van der Waals surface area contributed by atoms with E-state index in [1.807, 2.05) is 82.4 Å². The van der Waals surface area contributed by atoms with Crippen molar-refractivity contribution < 1.29 is 9.53 Å². The summed E-state index contributed by atoms with van der Waals surface area (Å²) in [5, 5.41) is 5.90. The third kappa shape index (κ3) is 3.60. The largest absolute Gasteiger partial charge is 0.457 e. The van der Waals surface area contributed by atoms with Crippen molar-refractivity contribution in [3.63, 3.8) is 0 Å². The second kappa shape index (κ2) is 8.23. The Labute approximate surface area is 186 Å². The standard InChI is InChI=1S/C26H24N4O2/c1-2-24(31)29-16-15-19(17-29)30-23-10-6-9-22(27)25(23)26(28-30)18-11-13-21(14-12-18)32-20-7-4-3-5-8-20/h2-14,19H,1,15-17,27H2/t19-/m1/s1. The maximum atomic E-state index is 12.0. The Balaban J connectivity index is 1.49. The van der Waals surface area contributed by atoms with E-state index >= 15 is 0 Å². The Morgan fingerprint density at radius 1 is 1.03 bits per heavy atom. The Kier molecular flexibility index (Phi) is 5.11. The molecule has 0 aliphatic carbocycles. The summed E-state index contributed by atoms with van der Waals surface area (Å²) in [4.78, 5) is 13.9. The molecule has 4 aromatic rings. The van der Waals surface area contributed by atoms with Crippen LogP contribution >= 0.6 is 0 Å². The van der Waals surface area contributed by atoms with Gasteiger partial charge in [-0.1, -0.05) is 30.8 Å². The van der Waals surface area contributed by atoms with Gasteiger partial charge in [-0.05, 0) is 61.0 Å². The molecule has 1 atom stereocenters. The van der Waals surface area contributed by atoms with E-state index in [-0.39, 0.29) is 11.9 Å². The van der Waals surface area contributed by atoms with Gasteiger partial charge >= 0.3 is 0 Å². The van der Waals surface area contributed by atoms with Gasteiger partial charge in [0.25, 0.3) is 0 Å². The van der Waals surface area contributed by atoms with Crippen molar-refractivity contribution in [2.45, 2.75) is 12.5 Å². The lowest BCUT2D eigenvalue weighted by molar-refractivity contribution is -0.125. The number of aromatic nitrogens is 2. The van der Waals surface area contributed by atoms with E-state index < -0.39 is 0 Å². The molecule has 6 heteroatoms. The van der Waals surface area contributed by atoms with E-state index in [1.165, 1.54) is 6.08 Å². The van der Waals surface area contributed by atoms with Gasteiger partial charge in [-0.25, -0.2) is 0 Å². The molecule has 1 aliphatic heterocycles. The number of carbonyl (C=O) groups is 1. The van der Waals surface area contributed by atoms with Crippen LogP contribution in [0.3, 0.4) is 0 Å². The van der Waals surface area contributed by atoms with Crippen LogP contribution < -0.4 is 10.5 Å². The number of nitrogens with two attached hydrogens (primary N) is 1. The summed E-state index contributed by atoms with van der Waals surface area (Å²) in [5.74, 6) is 1.50. The first-order chi connectivity index (χ1) is 15.6. The van der Waals surface area contributed by atoms with E-state index in [0.29, 0.717) is 18.8 Å². The van der Waals surface area contributed by atoms with Crippen molar-refractivity contribution in [1.82, 2.24) is 14.7 Å². The number of fused-ring (bicyclic) bond motifs is 1. The number of carbonyl (C=O) groups excluding carboxylic acids is 1. The van der Waals surface area contributed by atoms with Gasteiger partial charge in [-0.3, -0.25) is 9.48 Å². The first kappa shape index (κ1) is 19.9. The molecule has 1 amide bonds. The van der Waals surface area contributed by atoms with Crippen LogP contribution in [0.4, 0.5) is 5.69 Å². The summed E-state index contributed by atoms with van der Waals surface area (Å²) in [6.07, 6.45) is 2.21. The molecule has 1 aromatic heterocycles. The summed E-state index contributed by atoms with van der Waals surface area (Å²) in [5.41, 5.74) is 9.83. The SMILES string of the molecule is C=CC(=O)N1CC[C@@H](n2nc(-c3ccc(Oc4ccccc4)cc3)c3c(N)cccc32)C1. The third-order valence-corrected chi connectivity index (χ3v) is 5.87. The van der Waals surface area contributed by atoms with Crippen LogP contribution in [0.15, 0.2) is 85.5 Å². The quantitative estimate of drug-likeness (QED) is 0.360. The second-order valence-corrected chi connectivity index (χ2v) is 7.90. The second-order valence-electron chi connectivity index (χ2n) is 7.90. The highest BCUT2D eigenvalue weighted by molar-refractivity contribution is 6.01. The van der Waals surface area contributed by atoms with Crippen molar-refractivity contribution >= 4 is 22.5 Å².